The Morgan fingerprint density at radius 3 is 1.93 bits per heavy atom. The number of aliphatic hydroxyl groups excluding tert-OH is 2. The van der Waals surface area contributed by atoms with Crippen LogP contribution in [0.25, 0.3) is 11.0 Å². The van der Waals surface area contributed by atoms with E-state index in [1.165, 1.54) is 36.8 Å². The van der Waals surface area contributed by atoms with Crippen molar-refractivity contribution in [3.63, 3.8) is 0 Å². The number of rotatable bonds is 11. The van der Waals surface area contributed by atoms with Gasteiger partial charge in [-0.05, 0) is 98.7 Å². The number of nitrogens with two attached hydrogens (primary N) is 1. The number of nitrogens with zero attached hydrogens (tertiary/aromatic N) is 2. The van der Waals surface area contributed by atoms with Crippen LogP contribution in [0.1, 0.15) is 43.4 Å². The van der Waals surface area contributed by atoms with Crippen molar-refractivity contribution in [1.82, 2.24) is 15.1 Å². The number of aliphatic hydroxyl groups is 2. The van der Waals surface area contributed by atoms with Gasteiger partial charge in [0.05, 0.1) is 12.1 Å². The first-order chi connectivity index (χ1) is 26.4. The molecule has 0 saturated carbocycles. The Morgan fingerprint density at radius 2 is 1.36 bits per heavy atom. The summed E-state index contributed by atoms with van der Waals surface area (Å²) in [5.41, 5.74) is 6.65. The fourth-order valence-corrected chi connectivity index (χ4v) is 6.83. The number of carbonyl (C=O) groups excluding carboxylic acids is 1. The van der Waals surface area contributed by atoms with Crippen LogP contribution in [0.3, 0.4) is 0 Å². The summed E-state index contributed by atoms with van der Waals surface area (Å²) in [5.74, 6) is -7.33. The Morgan fingerprint density at radius 1 is 0.818 bits per heavy atom. The largest absolute Gasteiger partial charge is 0.486 e. The van der Waals surface area contributed by atoms with E-state index >= 15 is 8.78 Å². The molecule has 0 radical (unpaired) electrons. The predicted octanol–water partition coefficient (Wildman–Crippen LogP) is 4.92. The SMILES string of the molecule is N[C@H](CN1CCC1)[C@H](O)c1cc(F)c2c(c1)OCCO2.O=C(N[C@H](CN1CCC1)[C@H](O)c1cc(F)c2c(c1)OCCO2)C(F)(F)c1cc2cc(Cl)ccc2o1.[HH]. The Hall–Kier alpha value is -4.32. The monoisotopic (exact) mass is 794 g/mol. The summed E-state index contributed by atoms with van der Waals surface area (Å²) in [5, 5.41) is 24.2. The molecule has 55 heavy (non-hydrogen) atoms. The number of likely N-dealkylation sites (tertiary alicyclic amines) is 2. The summed E-state index contributed by atoms with van der Waals surface area (Å²) < 4.78 is 85.1. The first kappa shape index (κ1) is 38.9. The number of fused-ring (bicyclic) bond motifs is 3. The van der Waals surface area contributed by atoms with E-state index in [0.29, 0.717) is 54.6 Å². The van der Waals surface area contributed by atoms with E-state index in [-0.39, 0.29) is 49.6 Å². The Balaban J connectivity index is 0.000000215. The molecule has 1 amide bonds. The number of nitrogens with one attached hydrogen (secondary N) is 1. The van der Waals surface area contributed by atoms with Gasteiger partial charge < -0.3 is 54.4 Å². The summed E-state index contributed by atoms with van der Waals surface area (Å²) in [4.78, 5) is 16.8. The second kappa shape index (κ2) is 16.4. The van der Waals surface area contributed by atoms with Crippen LogP contribution in [0.4, 0.5) is 17.6 Å². The topological polar surface area (TPSA) is 152 Å². The summed E-state index contributed by atoms with van der Waals surface area (Å²) in [7, 11) is 0. The van der Waals surface area contributed by atoms with Crippen LogP contribution in [0.2, 0.25) is 5.02 Å². The van der Waals surface area contributed by atoms with E-state index in [9.17, 15) is 23.8 Å². The highest BCUT2D eigenvalue weighted by Crippen LogP contribution is 2.39. The van der Waals surface area contributed by atoms with Crippen molar-refractivity contribution in [2.24, 2.45) is 5.73 Å². The highest BCUT2D eigenvalue weighted by molar-refractivity contribution is 6.31. The standard InChI is InChI=1S/C24H22ClF3N2O5.C14H19FN2O3.H2/c25-15-2-3-18-13(8-15)11-20(35-18)24(27,28)23(32)29-17(12-30-4-1-5-30)21(31)14-9-16(26)22-19(10-14)33-6-7-34-22;15-10-6-9(7-12-14(10)20-5-4-19-12)13(18)11(16)8-17-2-1-3-17;/h2-3,8-11,17,21,31H,1,4-7,12H2,(H,29,32);6-7,11,13,18H,1-5,8,16H2;1H/t17-,21-;11-,13-;/m11./s1. The number of alkyl halides is 2. The minimum absolute atomic E-state index is 0. The molecule has 0 bridgehead atoms. The number of amides is 1. The van der Waals surface area contributed by atoms with Gasteiger partial charge >= 0.3 is 5.92 Å². The molecule has 5 N–H and O–H groups in total. The van der Waals surface area contributed by atoms with E-state index < -0.39 is 53.5 Å². The van der Waals surface area contributed by atoms with Gasteiger partial charge in [-0.1, -0.05) is 11.6 Å². The van der Waals surface area contributed by atoms with Crippen molar-refractivity contribution < 1.29 is 57.4 Å². The number of hydrogen-bond acceptors (Lipinski definition) is 11. The third kappa shape index (κ3) is 8.59. The Bertz CT molecular complexity index is 2020. The summed E-state index contributed by atoms with van der Waals surface area (Å²) in [6.07, 6.45) is -0.328. The molecule has 4 aliphatic heterocycles. The quantitative estimate of drug-likeness (QED) is 0.153. The molecule has 5 heterocycles. The lowest BCUT2D eigenvalue weighted by molar-refractivity contribution is -0.151. The van der Waals surface area contributed by atoms with E-state index in [1.807, 2.05) is 4.90 Å². The molecule has 12 nitrogen and oxygen atoms in total. The van der Waals surface area contributed by atoms with Gasteiger partial charge in [-0.3, -0.25) is 4.79 Å². The van der Waals surface area contributed by atoms with Gasteiger partial charge in [-0.25, -0.2) is 8.78 Å². The fourth-order valence-electron chi connectivity index (χ4n) is 6.65. The number of halogens is 5. The molecule has 0 spiro atoms. The normalized spacial score (nSPS) is 18.9. The number of ether oxygens (including phenoxy) is 4. The van der Waals surface area contributed by atoms with Gasteiger partial charge in [0, 0.05) is 31.0 Å². The van der Waals surface area contributed by atoms with Crippen LogP contribution in [0.15, 0.2) is 52.9 Å². The number of carbonyl (C=O) groups is 1. The van der Waals surface area contributed by atoms with Crippen molar-refractivity contribution in [3.8, 4) is 23.0 Å². The Kier molecular flexibility index (Phi) is 11.6. The fraction of sp³-hybridized carbons (Fsp3) is 0.447. The minimum Gasteiger partial charge on any atom is -0.486 e. The van der Waals surface area contributed by atoms with E-state index in [2.05, 4.69) is 10.2 Å². The third-order valence-corrected chi connectivity index (χ3v) is 10.2. The van der Waals surface area contributed by atoms with Crippen molar-refractivity contribution in [2.45, 2.75) is 43.1 Å². The zero-order chi connectivity index (χ0) is 38.9. The predicted molar refractivity (Wildman–Crippen MR) is 194 cm³/mol. The van der Waals surface area contributed by atoms with Crippen LogP contribution in [0, 0.1) is 11.6 Å². The van der Waals surface area contributed by atoms with Gasteiger partial charge in [0.25, 0.3) is 5.91 Å². The number of furan rings is 1. The zero-order valence-corrected chi connectivity index (χ0v) is 30.4. The van der Waals surface area contributed by atoms with Crippen LogP contribution < -0.4 is 30.0 Å². The molecular weight excluding hydrogens is 752 g/mol. The van der Waals surface area contributed by atoms with Gasteiger partial charge in [-0.15, -0.1) is 0 Å². The molecule has 3 aromatic carbocycles. The molecule has 1 aromatic heterocycles. The molecule has 4 aliphatic rings. The van der Waals surface area contributed by atoms with Crippen LogP contribution in [-0.2, 0) is 10.7 Å². The maximum Gasteiger partial charge on any atom is 0.380 e. The van der Waals surface area contributed by atoms with Crippen molar-refractivity contribution in [3.05, 3.63) is 82.1 Å². The van der Waals surface area contributed by atoms with Gasteiger partial charge in [-0.2, -0.15) is 8.78 Å². The lowest BCUT2D eigenvalue weighted by Crippen LogP contribution is -2.53. The van der Waals surface area contributed by atoms with Crippen molar-refractivity contribution >= 4 is 28.5 Å². The summed E-state index contributed by atoms with van der Waals surface area (Å²) in [6.45, 7) is 5.20. The molecule has 0 aliphatic carbocycles. The molecule has 8 rings (SSSR count). The number of benzene rings is 3. The summed E-state index contributed by atoms with van der Waals surface area (Å²) in [6, 6.07) is 9.14. The maximum atomic E-state index is 15.1. The molecule has 4 aromatic rings. The van der Waals surface area contributed by atoms with Crippen LogP contribution in [-0.4, -0.2) is 104 Å². The molecule has 4 atom stereocenters. The molecule has 17 heteroatoms. The molecule has 0 unspecified atom stereocenters. The third-order valence-electron chi connectivity index (χ3n) is 9.92. The Labute approximate surface area is 320 Å². The van der Waals surface area contributed by atoms with Crippen molar-refractivity contribution in [2.75, 3.05) is 65.7 Å². The maximum absolute atomic E-state index is 15.1. The first-order valence-corrected chi connectivity index (χ1v) is 18.4. The second-order valence-electron chi connectivity index (χ2n) is 13.9. The molecule has 2 fully saturated rings. The van der Waals surface area contributed by atoms with Crippen LogP contribution >= 0.6 is 11.6 Å². The average molecular weight is 795 g/mol. The summed E-state index contributed by atoms with van der Waals surface area (Å²) >= 11 is 5.91. The van der Waals surface area contributed by atoms with Crippen molar-refractivity contribution in [1.29, 1.82) is 0 Å². The van der Waals surface area contributed by atoms with Gasteiger partial charge in [0.1, 0.15) is 38.1 Å². The highest BCUT2D eigenvalue weighted by Gasteiger charge is 2.46. The van der Waals surface area contributed by atoms with E-state index in [4.69, 9.17) is 40.7 Å². The van der Waals surface area contributed by atoms with E-state index in [1.54, 1.807) is 6.07 Å². The smallest absolute Gasteiger partial charge is 0.380 e. The molecule has 298 valence electrons. The average Bonchev–Trinajstić information content (AvgIpc) is 3.58. The zero-order valence-electron chi connectivity index (χ0n) is 29.6. The van der Waals surface area contributed by atoms with E-state index in [0.717, 1.165) is 31.6 Å². The highest BCUT2D eigenvalue weighted by atomic mass is 35.5. The lowest BCUT2D eigenvalue weighted by Gasteiger charge is -2.36. The van der Waals surface area contributed by atoms with Gasteiger partial charge in [0.2, 0.25) is 0 Å². The lowest BCUT2D eigenvalue weighted by atomic mass is 9.99. The minimum atomic E-state index is -4.03. The van der Waals surface area contributed by atoms with Crippen LogP contribution in [0.5, 0.6) is 23.0 Å². The number of hydrogen-bond donors (Lipinski definition) is 4. The second-order valence-corrected chi connectivity index (χ2v) is 14.3. The first-order valence-electron chi connectivity index (χ1n) is 18.0. The van der Waals surface area contributed by atoms with Gasteiger partial charge in [0.15, 0.2) is 40.4 Å². The molecular formula is C38H43ClF4N4O8. The molecule has 2 saturated heterocycles.